The van der Waals surface area contributed by atoms with Crippen LogP contribution in [-0.4, -0.2) is 65.9 Å². The highest BCUT2D eigenvalue weighted by molar-refractivity contribution is 5.90. The zero-order valence-corrected chi connectivity index (χ0v) is 14.5. The van der Waals surface area contributed by atoms with Crippen molar-refractivity contribution in [3.8, 4) is 0 Å². The summed E-state index contributed by atoms with van der Waals surface area (Å²) < 4.78 is 5.40. The van der Waals surface area contributed by atoms with E-state index in [0.29, 0.717) is 25.6 Å². The highest BCUT2D eigenvalue weighted by Gasteiger charge is 2.42. The van der Waals surface area contributed by atoms with Gasteiger partial charge in [0.15, 0.2) is 0 Å². The number of carbonyl (C=O) groups excluding carboxylic acids is 1. The Morgan fingerprint density at radius 3 is 2.50 bits per heavy atom. The SMILES string of the molecule is CCC1(O)CN(C(=O)Nc2ccc([C@H](C)N3CCOCC3)cc2)C1. The minimum Gasteiger partial charge on any atom is -0.386 e. The van der Waals surface area contributed by atoms with Gasteiger partial charge in [0.05, 0.1) is 31.9 Å². The molecule has 2 amide bonds. The van der Waals surface area contributed by atoms with Gasteiger partial charge in [0.25, 0.3) is 0 Å². The summed E-state index contributed by atoms with van der Waals surface area (Å²) >= 11 is 0. The first-order valence-corrected chi connectivity index (χ1v) is 8.71. The Bertz CT molecular complexity index is 563. The van der Waals surface area contributed by atoms with E-state index in [1.165, 1.54) is 5.56 Å². The number of urea groups is 1. The van der Waals surface area contributed by atoms with Gasteiger partial charge < -0.3 is 20.1 Å². The van der Waals surface area contributed by atoms with Crippen LogP contribution in [0.2, 0.25) is 0 Å². The molecule has 24 heavy (non-hydrogen) atoms. The van der Waals surface area contributed by atoms with Crippen LogP contribution in [0.5, 0.6) is 0 Å². The maximum atomic E-state index is 12.1. The number of hydrogen-bond acceptors (Lipinski definition) is 4. The quantitative estimate of drug-likeness (QED) is 0.885. The first-order valence-electron chi connectivity index (χ1n) is 8.71. The van der Waals surface area contributed by atoms with E-state index >= 15 is 0 Å². The second kappa shape index (κ2) is 7.09. The Morgan fingerprint density at radius 1 is 1.29 bits per heavy atom. The fourth-order valence-electron chi connectivity index (χ4n) is 3.25. The van der Waals surface area contributed by atoms with Gasteiger partial charge in [-0.2, -0.15) is 0 Å². The molecule has 1 atom stereocenters. The summed E-state index contributed by atoms with van der Waals surface area (Å²) in [6.45, 7) is 8.43. The lowest BCUT2D eigenvalue weighted by molar-refractivity contribution is -0.0755. The minimum atomic E-state index is -0.700. The Balaban J connectivity index is 1.54. The van der Waals surface area contributed by atoms with Crippen molar-refractivity contribution in [2.45, 2.75) is 31.9 Å². The minimum absolute atomic E-state index is 0.151. The summed E-state index contributed by atoms with van der Waals surface area (Å²) in [5.74, 6) is 0. The molecule has 132 valence electrons. The molecule has 0 bridgehead atoms. The number of likely N-dealkylation sites (tertiary alicyclic amines) is 1. The van der Waals surface area contributed by atoms with Gasteiger partial charge in [-0.15, -0.1) is 0 Å². The van der Waals surface area contributed by atoms with Gasteiger partial charge in [0.2, 0.25) is 0 Å². The number of benzene rings is 1. The Hall–Kier alpha value is -1.63. The van der Waals surface area contributed by atoms with E-state index in [1.54, 1.807) is 4.90 Å². The van der Waals surface area contributed by atoms with Gasteiger partial charge in [-0.25, -0.2) is 4.79 Å². The van der Waals surface area contributed by atoms with Crippen LogP contribution in [0.15, 0.2) is 24.3 Å². The lowest BCUT2D eigenvalue weighted by atomic mass is 9.92. The molecule has 1 aromatic carbocycles. The molecule has 1 aromatic rings. The van der Waals surface area contributed by atoms with Gasteiger partial charge in [-0.3, -0.25) is 4.90 Å². The Morgan fingerprint density at radius 2 is 1.92 bits per heavy atom. The number of β-amino-alcohol motifs (C(OH)–C–C–N with tert-alkyl or cyclic N) is 1. The summed E-state index contributed by atoms with van der Waals surface area (Å²) in [6.07, 6.45) is 0.672. The Kier molecular flexibility index (Phi) is 5.08. The van der Waals surface area contributed by atoms with Crippen LogP contribution < -0.4 is 5.32 Å². The van der Waals surface area contributed by atoms with Crippen LogP contribution in [0.1, 0.15) is 31.9 Å². The molecule has 2 N–H and O–H groups in total. The van der Waals surface area contributed by atoms with Crippen molar-refractivity contribution < 1.29 is 14.6 Å². The number of aliphatic hydroxyl groups is 1. The van der Waals surface area contributed by atoms with Crippen molar-refractivity contribution in [3.05, 3.63) is 29.8 Å². The summed E-state index contributed by atoms with van der Waals surface area (Å²) in [6, 6.07) is 8.20. The smallest absolute Gasteiger partial charge is 0.322 e. The third-order valence-electron chi connectivity index (χ3n) is 5.15. The van der Waals surface area contributed by atoms with E-state index in [2.05, 4.69) is 29.3 Å². The van der Waals surface area contributed by atoms with Crippen molar-refractivity contribution in [1.29, 1.82) is 0 Å². The normalized spacial score (nSPS) is 21.9. The number of amides is 2. The largest absolute Gasteiger partial charge is 0.386 e. The van der Waals surface area contributed by atoms with Crippen LogP contribution in [-0.2, 0) is 4.74 Å². The number of ether oxygens (including phenoxy) is 1. The summed E-state index contributed by atoms with van der Waals surface area (Å²) in [4.78, 5) is 16.2. The van der Waals surface area contributed by atoms with Gasteiger partial charge in [-0.1, -0.05) is 19.1 Å². The highest BCUT2D eigenvalue weighted by atomic mass is 16.5. The molecule has 2 aliphatic heterocycles. The van der Waals surface area contributed by atoms with Crippen molar-refractivity contribution in [2.75, 3.05) is 44.7 Å². The van der Waals surface area contributed by atoms with Crippen molar-refractivity contribution in [3.63, 3.8) is 0 Å². The molecule has 2 saturated heterocycles. The van der Waals surface area contributed by atoms with Crippen molar-refractivity contribution in [2.24, 2.45) is 0 Å². The van der Waals surface area contributed by atoms with Crippen molar-refractivity contribution >= 4 is 11.7 Å². The molecule has 6 nitrogen and oxygen atoms in total. The van der Waals surface area contributed by atoms with E-state index in [0.717, 1.165) is 32.0 Å². The second-order valence-electron chi connectivity index (χ2n) is 6.81. The average molecular weight is 333 g/mol. The monoisotopic (exact) mass is 333 g/mol. The summed E-state index contributed by atoms with van der Waals surface area (Å²) in [5.41, 5.74) is 1.32. The lowest BCUT2D eigenvalue weighted by Gasteiger charge is -2.45. The van der Waals surface area contributed by atoms with Crippen LogP contribution in [0, 0.1) is 0 Å². The molecule has 0 aliphatic carbocycles. The van der Waals surface area contributed by atoms with E-state index in [-0.39, 0.29) is 6.03 Å². The molecule has 0 unspecified atom stereocenters. The number of nitrogens with zero attached hydrogens (tertiary/aromatic N) is 2. The third-order valence-corrected chi connectivity index (χ3v) is 5.15. The van der Waals surface area contributed by atoms with E-state index < -0.39 is 5.60 Å². The molecule has 0 aromatic heterocycles. The number of hydrogen-bond donors (Lipinski definition) is 2. The van der Waals surface area contributed by atoms with Crippen LogP contribution in [0.25, 0.3) is 0 Å². The summed E-state index contributed by atoms with van der Waals surface area (Å²) in [7, 11) is 0. The topological polar surface area (TPSA) is 65.0 Å². The first-order chi connectivity index (χ1) is 11.5. The maximum Gasteiger partial charge on any atom is 0.322 e. The van der Waals surface area contributed by atoms with Crippen molar-refractivity contribution in [1.82, 2.24) is 9.80 Å². The molecule has 2 heterocycles. The zero-order valence-electron chi connectivity index (χ0n) is 14.5. The van der Waals surface area contributed by atoms with E-state index in [1.807, 2.05) is 19.1 Å². The highest BCUT2D eigenvalue weighted by Crippen LogP contribution is 2.26. The molecule has 0 saturated carbocycles. The molecule has 6 heteroatoms. The molecule has 3 rings (SSSR count). The average Bonchev–Trinajstić information content (AvgIpc) is 2.59. The zero-order chi connectivity index (χ0) is 17.2. The first kappa shape index (κ1) is 17.2. The van der Waals surface area contributed by atoms with Crippen LogP contribution >= 0.6 is 0 Å². The number of anilines is 1. The van der Waals surface area contributed by atoms with Gasteiger partial charge in [0.1, 0.15) is 0 Å². The predicted octanol–water partition coefficient (Wildman–Crippen LogP) is 2.07. The van der Waals surface area contributed by atoms with Gasteiger partial charge >= 0.3 is 6.03 Å². The molecular formula is C18H27N3O3. The maximum absolute atomic E-state index is 12.1. The number of carbonyl (C=O) groups is 1. The predicted molar refractivity (Wildman–Crippen MR) is 93.1 cm³/mol. The molecule has 2 aliphatic rings. The number of rotatable bonds is 4. The molecular weight excluding hydrogens is 306 g/mol. The fourth-order valence-corrected chi connectivity index (χ4v) is 3.25. The Labute approximate surface area is 143 Å². The lowest BCUT2D eigenvalue weighted by Crippen LogP contribution is -2.63. The van der Waals surface area contributed by atoms with Crippen LogP contribution in [0.3, 0.4) is 0 Å². The standard InChI is InChI=1S/C18H27N3O3/c1-3-18(23)12-21(13-18)17(22)19-16-6-4-15(5-7-16)14(2)20-8-10-24-11-9-20/h4-7,14,23H,3,8-13H2,1-2H3,(H,19,22)/t14-/m0/s1. The number of morpholine rings is 1. The van der Waals surface area contributed by atoms with E-state index in [4.69, 9.17) is 4.74 Å². The fraction of sp³-hybridized carbons (Fsp3) is 0.611. The molecule has 0 spiro atoms. The molecule has 0 radical (unpaired) electrons. The third kappa shape index (κ3) is 3.71. The number of nitrogens with one attached hydrogen (secondary N) is 1. The second-order valence-corrected chi connectivity index (χ2v) is 6.81. The summed E-state index contributed by atoms with van der Waals surface area (Å²) in [5, 5.41) is 12.9. The molecule has 2 fully saturated rings. The van der Waals surface area contributed by atoms with E-state index in [9.17, 15) is 9.90 Å². The van der Waals surface area contributed by atoms with Gasteiger partial charge in [-0.05, 0) is 31.0 Å². The van der Waals surface area contributed by atoms with Gasteiger partial charge in [0, 0.05) is 24.8 Å². The van der Waals surface area contributed by atoms with Crippen LogP contribution in [0.4, 0.5) is 10.5 Å².